The molecule has 1 atom stereocenters. The van der Waals surface area contributed by atoms with Crippen molar-refractivity contribution in [2.24, 2.45) is 0 Å². The fourth-order valence-corrected chi connectivity index (χ4v) is 1.55. The fourth-order valence-electron chi connectivity index (χ4n) is 1.15. The predicted molar refractivity (Wildman–Crippen MR) is 59.1 cm³/mol. The lowest BCUT2D eigenvalue weighted by molar-refractivity contribution is 0.190. The van der Waals surface area contributed by atoms with Crippen molar-refractivity contribution in [1.29, 1.82) is 0 Å². The van der Waals surface area contributed by atoms with Crippen molar-refractivity contribution in [3.63, 3.8) is 0 Å². The van der Waals surface area contributed by atoms with Crippen LogP contribution in [0.1, 0.15) is 6.92 Å². The average molecular weight is 244 g/mol. The molecule has 2 nitrogen and oxygen atoms in total. The van der Waals surface area contributed by atoms with Gasteiger partial charge in [-0.2, -0.15) is 0 Å². The first-order valence-corrected chi connectivity index (χ1v) is 5.02. The third-order valence-electron chi connectivity index (χ3n) is 1.65. The van der Waals surface area contributed by atoms with Gasteiger partial charge in [-0.25, -0.2) is 0 Å². The number of ether oxygens (including phenoxy) is 1. The van der Waals surface area contributed by atoms with E-state index in [2.05, 4.69) is 28.2 Å². The molecule has 0 saturated carbocycles. The van der Waals surface area contributed by atoms with E-state index in [0.29, 0.717) is 12.6 Å². The van der Waals surface area contributed by atoms with E-state index in [9.17, 15) is 0 Å². The highest BCUT2D eigenvalue weighted by molar-refractivity contribution is 9.10. The number of anilines is 1. The minimum atomic E-state index is 0.333. The summed E-state index contributed by atoms with van der Waals surface area (Å²) in [6.07, 6.45) is 0. The lowest BCUT2D eigenvalue weighted by Crippen LogP contribution is -2.20. The van der Waals surface area contributed by atoms with Gasteiger partial charge in [0.1, 0.15) is 0 Å². The van der Waals surface area contributed by atoms with E-state index in [1.807, 2.05) is 24.3 Å². The van der Waals surface area contributed by atoms with Gasteiger partial charge in [0.15, 0.2) is 0 Å². The molecule has 0 fully saturated rings. The van der Waals surface area contributed by atoms with Gasteiger partial charge in [-0.05, 0) is 25.1 Å². The van der Waals surface area contributed by atoms with Gasteiger partial charge in [-0.1, -0.05) is 22.0 Å². The van der Waals surface area contributed by atoms with E-state index in [1.54, 1.807) is 7.11 Å². The lowest BCUT2D eigenvalue weighted by Gasteiger charge is -2.13. The van der Waals surface area contributed by atoms with Gasteiger partial charge in [-0.3, -0.25) is 0 Å². The maximum absolute atomic E-state index is 5.03. The summed E-state index contributed by atoms with van der Waals surface area (Å²) in [5, 5.41) is 3.33. The van der Waals surface area contributed by atoms with E-state index in [4.69, 9.17) is 4.74 Å². The fraction of sp³-hybridized carbons (Fsp3) is 0.400. The zero-order valence-electron chi connectivity index (χ0n) is 7.88. The molecule has 1 aromatic carbocycles. The average Bonchev–Trinajstić information content (AvgIpc) is 2.04. The van der Waals surface area contributed by atoms with Gasteiger partial charge in [-0.15, -0.1) is 0 Å². The molecule has 0 aliphatic carbocycles. The normalized spacial score (nSPS) is 12.5. The number of halogens is 1. The standard InChI is InChI=1S/C10H14BrNO/c1-8(7-13-2)12-10-5-3-4-9(11)6-10/h3-6,8,12H,7H2,1-2H3/t8-/m0/s1. The van der Waals surface area contributed by atoms with Crippen molar-refractivity contribution in [3.8, 4) is 0 Å². The zero-order chi connectivity index (χ0) is 9.68. The molecule has 0 heterocycles. The second-order valence-corrected chi connectivity index (χ2v) is 3.93. The van der Waals surface area contributed by atoms with Gasteiger partial charge in [0.2, 0.25) is 0 Å². The molecular formula is C10H14BrNO. The van der Waals surface area contributed by atoms with Crippen molar-refractivity contribution in [1.82, 2.24) is 0 Å². The summed E-state index contributed by atoms with van der Waals surface area (Å²) in [6, 6.07) is 8.43. The van der Waals surface area contributed by atoms with E-state index in [1.165, 1.54) is 0 Å². The maximum atomic E-state index is 5.03. The molecule has 1 N–H and O–H groups in total. The van der Waals surface area contributed by atoms with Gasteiger partial charge in [0.25, 0.3) is 0 Å². The first-order valence-electron chi connectivity index (χ1n) is 4.23. The first kappa shape index (κ1) is 10.5. The second kappa shape index (κ2) is 5.25. The Hall–Kier alpha value is -0.540. The molecule has 1 aromatic rings. The molecule has 72 valence electrons. The van der Waals surface area contributed by atoms with Crippen LogP contribution in [0.15, 0.2) is 28.7 Å². The van der Waals surface area contributed by atoms with Crippen molar-refractivity contribution in [3.05, 3.63) is 28.7 Å². The molecule has 0 radical (unpaired) electrons. The highest BCUT2D eigenvalue weighted by Crippen LogP contribution is 2.16. The Balaban J connectivity index is 2.53. The summed E-state index contributed by atoms with van der Waals surface area (Å²) in [4.78, 5) is 0. The molecule has 0 aliphatic rings. The van der Waals surface area contributed by atoms with Crippen molar-refractivity contribution in [2.45, 2.75) is 13.0 Å². The van der Waals surface area contributed by atoms with Crippen LogP contribution >= 0.6 is 15.9 Å². The summed E-state index contributed by atoms with van der Waals surface area (Å²) in [6.45, 7) is 2.80. The summed E-state index contributed by atoms with van der Waals surface area (Å²) in [5.74, 6) is 0. The molecule has 0 amide bonds. The molecule has 13 heavy (non-hydrogen) atoms. The molecule has 0 spiro atoms. The molecule has 0 bridgehead atoms. The van der Waals surface area contributed by atoms with Crippen LogP contribution in [0.25, 0.3) is 0 Å². The van der Waals surface area contributed by atoms with E-state index in [-0.39, 0.29) is 0 Å². The molecular weight excluding hydrogens is 230 g/mol. The second-order valence-electron chi connectivity index (χ2n) is 3.01. The Bertz CT molecular complexity index is 265. The third-order valence-corrected chi connectivity index (χ3v) is 2.15. The largest absolute Gasteiger partial charge is 0.383 e. The smallest absolute Gasteiger partial charge is 0.0661 e. The lowest BCUT2D eigenvalue weighted by atomic mass is 10.3. The molecule has 3 heteroatoms. The maximum Gasteiger partial charge on any atom is 0.0661 e. The quantitative estimate of drug-likeness (QED) is 0.879. The van der Waals surface area contributed by atoms with Crippen LogP contribution in [0, 0.1) is 0 Å². The Morgan fingerprint density at radius 2 is 2.31 bits per heavy atom. The van der Waals surface area contributed by atoms with Gasteiger partial charge in [0, 0.05) is 23.3 Å². The predicted octanol–water partition coefficient (Wildman–Crippen LogP) is 2.90. The van der Waals surface area contributed by atoms with E-state index < -0.39 is 0 Å². The van der Waals surface area contributed by atoms with Crippen LogP contribution in [-0.2, 0) is 4.74 Å². The SMILES string of the molecule is COC[C@H](C)Nc1cccc(Br)c1. The molecule has 1 rings (SSSR count). The minimum Gasteiger partial charge on any atom is -0.383 e. The van der Waals surface area contributed by atoms with Gasteiger partial charge in [0.05, 0.1) is 6.61 Å². The van der Waals surface area contributed by atoms with Crippen molar-refractivity contribution < 1.29 is 4.74 Å². The van der Waals surface area contributed by atoms with E-state index >= 15 is 0 Å². The molecule has 0 unspecified atom stereocenters. The number of hydrogen-bond acceptors (Lipinski definition) is 2. The highest BCUT2D eigenvalue weighted by atomic mass is 79.9. The van der Waals surface area contributed by atoms with Crippen LogP contribution in [0.2, 0.25) is 0 Å². The van der Waals surface area contributed by atoms with Crippen LogP contribution in [0.4, 0.5) is 5.69 Å². The van der Waals surface area contributed by atoms with Crippen LogP contribution < -0.4 is 5.32 Å². The number of hydrogen-bond donors (Lipinski definition) is 1. The zero-order valence-corrected chi connectivity index (χ0v) is 9.47. The Labute approximate surface area is 87.4 Å². The monoisotopic (exact) mass is 243 g/mol. The Morgan fingerprint density at radius 1 is 1.54 bits per heavy atom. The van der Waals surface area contributed by atoms with Crippen LogP contribution in [0.5, 0.6) is 0 Å². The third kappa shape index (κ3) is 3.79. The Kier molecular flexibility index (Phi) is 4.25. The van der Waals surface area contributed by atoms with Crippen molar-refractivity contribution in [2.75, 3.05) is 19.0 Å². The van der Waals surface area contributed by atoms with Crippen molar-refractivity contribution >= 4 is 21.6 Å². The van der Waals surface area contributed by atoms with Gasteiger partial charge < -0.3 is 10.1 Å². The number of methoxy groups -OCH3 is 1. The summed E-state index contributed by atoms with van der Waals surface area (Å²) in [7, 11) is 1.71. The van der Waals surface area contributed by atoms with Gasteiger partial charge >= 0.3 is 0 Å². The molecule has 0 aromatic heterocycles. The molecule has 0 aliphatic heterocycles. The topological polar surface area (TPSA) is 21.3 Å². The van der Waals surface area contributed by atoms with E-state index in [0.717, 1.165) is 10.2 Å². The summed E-state index contributed by atoms with van der Waals surface area (Å²) in [5.41, 5.74) is 1.11. The Morgan fingerprint density at radius 3 is 2.92 bits per heavy atom. The highest BCUT2D eigenvalue weighted by Gasteiger charge is 2.00. The summed E-state index contributed by atoms with van der Waals surface area (Å²) >= 11 is 3.42. The number of benzene rings is 1. The van der Waals surface area contributed by atoms with Crippen LogP contribution in [0.3, 0.4) is 0 Å². The number of nitrogens with one attached hydrogen (secondary N) is 1. The first-order chi connectivity index (χ1) is 6.22. The summed E-state index contributed by atoms with van der Waals surface area (Å²) < 4.78 is 6.12. The minimum absolute atomic E-state index is 0.333. The number of rotatable bonds is 4. The van der Waals surface area contributed by atoms with Crippen LogP contribution in [-0.4, -0.2) is 19.8 Å². The molecule has 0 saturated heterocycles.